The van der Waals surface area contributed by atoms with E-state index < -0.39 is 6.10 Å². The van der Waals surface area contributed by atoms with Gasteiger partial charge in [0, 0.05) is 26.4 Å². The molecule has 2 N–H and O–H groups in total. The molecule has 0 aromatic carbocycles. The van der Waals surface area contributed by atoms with E-state index in [1.54, 1.807) is 12.3 Å². The molecule has 1 amide bonds. The van der Waals surface area contributed by atoms with Crippen LogP contribution in [0.5, 0.6) is 0 Å². The van der Waals surface area contributed by atoms with Crippen molar-refractivity contribution in [2.24, 2.45) is 0 Å². The lowest BCUT2D eigenvalue weighted by molar-refractivity contribution is -0.125. The molecule has 2 heterocycles. The van der Waals surface area contributed by atoms with E-state index >= 15 is 0 Å². The van der Waals surface area contributed by atoms with Crippen LogP contribution < -0.4 is 10.2 Å². The van der Waals surface area contributed by atoms with Crippen molar-refractivity contribution in [3.63, 3.8) is 0 Å². The highest BCUT2D eigenvalue weighted by molar-refractivity contribution is 5.77. The SMILES string of the molecule is COCC(=O)N[C@@H]1CN(c2ccncn2)C[C@H]1O. The van der Waals surface area contributed by atoms with Gasteiger partial charge in [-0.1, -0.05) is 0 Å². The molecule has 0 saturated carbocycles. The number of carbonyl (C=O) groups is 1. The van der Waals surface area contributed by atoms with Crippen LogP contribution in [-0.4, -0.2) is 59.9 Å². The third-order valence-corrected chi connectivity index (χ3v) is 2.80. The highest BCUT2D eigenvalue weighted by Crippen LogP contribution is 2.17. The molecule has 0 bridgehead atoms. The number of hydrogen-bond donors (Lipinski definition) is 2. The molecule has 2 rings (SSSR count). The number of carbonyl (C=O) groups excluding carboxylic acids is 1. The number of aliphatic hydroxyl groups is 1. The summed E-state index contributed by atoms with van der Waals surface area (Å²) in [5, 5.41) is 12.6. The van der Waals surface area contributed by atoms with Crippen molar-refractivity contribution in [2.75, 3.05) is 31.7 Å². The van der Waals surface area contributed by atoms with Crippen molar-refractivity contribution in [1.29, 1.82) is 0 Å². The first-order valence-corrected chi connectivity index (χ1v) is 5.68. The molecule has 0 aliphatic carbocycles. The number of amides is 1. The van der Waals surface area contributed by atoms with Crippen LogP contribution in [0.2, 0.25) is 0 Å². The first-order valence-electron chi connectivity index (χ1n) is 5.68. The third kappa shape index (κ3) is 2.93. The summed E-state index contributed by atoms with van der Waals surface area (Å²) in [7, 11) is 1.46. The Morgan fingerprint density at radius 1 is 1.67 bits per heavy atom. The van der Waals surface area contributed by atoms with E-state index in [1.165, 1.54) is 13.4 Å². The van der Waals surface area contributed by atoms with Crippen LogP contribution in [0.4, 0.5) is 5.82 Å². The zero-order valence-electron chi connectivity index (χ0n) is 10.1. The first kappa shape index (κ1) is 12.7. The van der Waals surface area contributed by atoms with Gasteiger partial charge >= 0.3 is 0 Å². The second-order valence-corrected chi connectivity index (χ2v) is 4.15. The van der Waals surface area contributed by atoms with Gasteiger partial charge in [-0.15, -0.1) is 0 Å². The quantitative estimate of drug-likeness (QED) is 0.699. The van der Waals surface area contributed by atoms with Crippen molar-refractivity contribution in [1.82, 2.24) is 15.3 Å². The Bertz CT molecular complexity index is 401. The lowest BCUT2D eigenvalue weighted by Gasteiger charge is -2.17. The Hall–Kier alpha value is -1.73. The minimum atomic E-state index is -0.610. The summed E-state index contributed by atoms with van der Waals surface area (Å²) >= 11 is 0. The van der Waals surface area contributed by atoms with E-state index in [1.807, 2.05) is 4.90 Å². The first-order chi connectivity index (χ1) is 8.70. The van der Waals surface area contributed by atoms with Gasteiger partial charge in [-0.2, -0.15) is 0 Å². The second kappa shape index (κ2) is 5.74. The maximum atomic E-state index is 11.4. The molecule has 0 radical (unpaired) electrons. The third-order valence-electron chi connectivity index (χ3n) is 2.80. The largest absolute Gasteiger partial charge is 0.389 e. The van der Waals surface area contributed by atoms with Gasteiger partial charge < -0.3 is 20.1 Å². The lowest BCUT2D eigenvalue weighted by Crippen LogP contribution is -2.44. The van der Waals surface area contributed by atoms with Gasteiger partial charge in [-0.05, 0) is 6.07 Å². The summed E-state index contributed by atoms with van der Waals surface area (Å²) in [6, 6.07) is 1.47. The molecule has 1 aliphatic rings. The average molecular weight is 252 g/mol. The Morgan fingerprint density at radius 3 is 3.17 bits per heavy atom. The summed E-state index contributed by atoms with van der Waals surface area (Å²) in [5.41, 5.74) is 0. The van der Waals surface area contributed by atoms with Crippen LogP contribution in [0.3, 0.4) is 0 Å². The van der Waals surface area contributed by atoms with E-state index in [-0.39, 0.29) is 18.6 Å². The van der Waals surface area contributed by atoms with E-state index in [9.17, 15) is 9.90 Å². The fraction of sp³-hybridized carbons (Fsp3) is 0.545. The standard InChI is InChI=1S/C11H16N4O3/c1-18-6-11(17)14-8-4-15(5-9(8)16)10-2-3-12-7-13-10/h2-3,7-9,16H,4-6H2,1H3,(H,14,17)/t8-,9-/m1/s1. The maximum absolute atomic E-state index is 11.4. The number of aliphatic hydroxyl groups excluding tert-OH is 1. The molecule has 1 aromatic rings. The topological polar surface area (TPSA) is 87.6 Å². The zero-order chi connectivity index (χ0) is 13.0. The summed E-state index contributed by atoms with van der Waals surface area (Å²) < 4.78 is 4.73. The van der Waals surface area contributed by atoms with Gasteiger partial charge in [-0.25, -0.2) is 9.97 Å². The van der Waals surface area contributed by atoms with Crippen LogP contribution in [0, 0.1) is 0 Å². The number of aromatic nitrogens is 2. The molecule has 7 nitrogen and oxygen atoms in total. The van der Waals surface area contributed by atoms with Crippen LogP contribution in [-0.2, 0) is 9.53 Å². The van der Waals surface area contributed by atoms with Crippen LogP contribution in [0.1, 0.15) is 0 Å². The number of rotatable bonds is 4. The van der Waals surface area contributed by atoms with Crippen molar-refractivity contribution in [3.8, 4) is 0 Å². The maximum Gasteiger partial charge on any atom is 0.246 e. The lowest BCUT2D eigenvalue weighted by atomic mass is 10.2. The molecule has 1 aliphatic heterocycles. The summed E-state index contributed by atoms with van der Waals surface area (Å²) in [6.45, 7) is 0.958. The molecule has 0 spiro atoms. The van der Waals surface area contributed by atoms with Crippen molar-refractivity contribution < 1.29 is 14.6 Å². The number of anilines is 1. The van der Waals surface area contributed by atoms with Gasteiger partial charge in [0.2, 0.25) is 5.91 Å². The minimum absolute atomic E-state index is 0.00325. The number of ether oxygens (including phenoxy) is 1. The molecular weight excluding hydrogens is 236 g/mol. The molecular formula is C11H16N4O3. The molecule has 1 saturated heterocycles. The smallest absolute Gasteiger partial charge is 0.246 e. The predicted octanol–water partition coefficient (Wildman–Crippen LogP) is -1.21. The summed E-state index contributed by atoms with van der Waals surface area (Å²) in [6.07, 6.45) is 2.49. The fourth-order valence-electron chi connectivity index (χ4n) is 1.97. The van der Waals surface area contributed by atoms with Gasteiger partial charge in [0.05, 0.1) is 12.1 Å². The molecule has 1 aromatic heterocycles. The summed E-state index contributed by atoms with van der Waals surface area (Å²) in [4.78, 5) is 21.3. The summed E-state index contributed by atoms with van der Waals surface area (Å²) in [5.74, 6) is 0.513. The highest BCUT2D eigenvalue weighted by Gasteiger charge is 2.32. The average Bonchev–Trinajstić information content (AvgIpc) is 2.72. The normalized spacial score (nSPS) is 23.1. The zero-order valence-corrected chi connectivity index (χ0v) is 10.1. The van der Waals surface area contributed by atoms with Crippen LogP contribution in [0.25, 0.3) is 0 Å². The number of nitrogens with one attached hydrogen (secondary N) is 1. The van der Waals surface area contributed by atoms with E-state index in [0.717, 1.165) is 5.82 Å². The number of nitrogens with zero attached hydrogens (tertiary/aromatic N) is 3. The van der Waals surface area contributed by atoms with Gasteiger partial charge in [0.15, 0.2) is 0 Å². The molecule has 7 heteroatoms. The second-order valence-electron chi connectivity index (χ2n) is 4.15. The molecule has 2 atom stereocenters. The van der Waals surface area contributed by atoms with E-state index in [2.05, 4.69) is 15.3 Å². The predicted molar refractivity (Wildman–Crippen MR) is 64.1 cm³/mol. The Kier molecular flexibility index (Phi) is 4.06. The fourth-order valence-corrected chi connectivity index (χ4v) is 1.97. The van der Waals surface area contributed by atoms with E-state index in [0.29, 0.717) is 13.1 Å². The molecule has 1 fully saturated rings. The van der Waals surface area contributed by atoms with Gasteiger partial charge in [0.25, 0.3) is 0 Å². The number of β-amino-alcohol motifs (C(OH)–C–C–N with tert-alkyl or cyclic N) is 1. The monoisotopic (exact) mass is 252 g/mol. The molecule has 18 heavy (non-hydrogen) atoms. The van der Waals surface area contributed by atoms with Gasteiger partial charge in [0.1, 0.15) is 18.8 Å². The van der Waals surface area contributed by atoms with Crippen molar-refractivity contribution in [3.05, 3.63) is 18.6 Å². The van der Waals surface area contributed by atoms with Crippen molar-refractivity contribution in [2.45, 2.75) is 12.1 Å². The Balaban J connectivity index is 1.95. The van der Waals surface area contributed by atoms with Crippen molar-refractivity contribution >= 4 is 11.7 Å². The van der Waals surface area contributed by atoms with E-state index in [4.69, 9.17) is 4.74 Å². The molecule has 98 valence electrons. The van der Waals surface area contributed by atoms with Gasteiger partial charge in [-0.3, -0.25) is 4.79 Å². The number of methoxy groups -OCH3 is 1. The minimum Gasteiger partial charge on any atom is -0.389 e. The van der Waals surface area contributed by atoms with Crippen LogP contribution in [0.15, 0.2) is 18.6 Å². The van der Waals surface area contributed by atoms with Crippen LogP contribution >= 0.6 is 0 Å². The Labute approximate surface area is 105 Å². The number of hydrogen-bond acceptors (Lipinski definition) is 6. The molecule has 0 unspecified atom stereocenters. The Morgan fingerprint density at radius 2 is 2.50 bits per heavy atom. The highest BCUT2D eigenvalue weighted by atomic mass is 16.5.